The zero-order valence-corrected chi connectivity index (χ0v) is 9.29. The van der Waals surface area contributed by atoms with Crippen LogP contribution < -0.4 is 11.2 Å². The first kappa shape index (κ1) is 12.0. The fraction of sp³-hybridized carbons (Fsp3) is 0.600. The molecule has 17 heavy (non-hydrogen) atoms. The van der Waals surface area contributed by atoms with E-state index in [0.29, 0.717) is 0 Å². The second kappa shape index (κ2) is 4.10. The average molecular weight is 242 g/mol. The van der Waals surface area contributed by atoms with Gasteiger partial charge in [-0.1, -0.05) is 0 Å². The highest BCUT2D eigenvalue weighted by atomic mass is 16.6. The maximum atomic E-state index is 11.5. The normalized spacial score (nSPS) is 32.9. The molecule has 7 nitrogen and oxygen atoms in total. The Hall–Kier alpha value is -1.44. The van der Waals surface area contributed by atoms with Crippen molar-refractivity contribution in [2.45, 2.75) is 31.3 Å². The van der Waals surface area contributed by atoms with Gasteiger partial charge in [0.05, 0.1) is 12.7 Å². The van der Waals surface area contributed by atoms with Crippen LogP contribution >= 0.6 is 0 Å². The third-order valence-electron chi connectivity index (χ3n) is 3.01. The van der Waals surface area contributed by atoms with Gasteiger partial charge in [-0.15, -0.1) is 0 Å². The van der Waals surface area contributed by atoms with E-state index in [-0.39, 0.29) is 13.0 Å². The summed E-state index contributed by atoms with van der Waals surface area (Å²) >= 11 is 0. The standard InChI is InChI=1S/C10H14N2O5/c1-10(5-13)6(14)4-8(17-10)12-3-2-7(15)11-9(12)16/h2-3,6,8,13-14H,4-5H2,1H3,(H,11,15,16)/t6?,8-,10-/m0/s1. The van der Waals surface area contributed by atoms with Crippen molar-refractivity contribution in [3.05, 3.63) is 33.1 Å². The van der Waals surface area contributed by atoms with E-state index in [1.54, 1.807) is 6.92 Å². The van der Waals surface area contributed by atoms with Gasteiger partial charge in [0.2, 0.25) is 0 Å². The van der Waals surface area contributed by atoms with E-state index in [1.165, 1.54) is 16.8 Å². The molecular formula is C10H14N2O5. The van der Waals surface area contributed by atoms with Gasteiger partial charge in [0.25, 0.3) is 5.56 Å². The van der Waals surface area contributed by atoms with Gasteiger partial charge in [0.1, 0.15) is 11.8 Å². The molecule has 1 aromatic rings. The van der Waals surface area contributed by atoms with Gasteiger partial charge >= 0.3 is 5.69 Å². The predicted octanol–water partition coefficient (Wildman–Crippen LogP) is -1.43. The molecular weight excluding hydrogens is 228 g/mol. The van der Waals surface area contributed by atoms with Gasteiger partial charge in [0.15, 0.2) is 0 Å². The smallest absolute Gasteiger partial charge is 0.330 e. The van der Waals surface area contributed by atoms with Crippen LogP contribution in [-0.4, -0.2) is 38.1 Å². The molecule has 0 spiro atoms. The molecule has 1 aliphatic rings. The molecule has 0 amide bonds. The predicted molar refractivity (Wildman–Crippen MR) is 57.6 cm³/mol. The van der Waals surface area contributed by atoms with E-state index in [4.69, 9.17) is 9.84 Å². The van der Waals surface area contributed by atoms with Crippen molar-refractivity contribution in [3.8, 4) is 0 Å². The van der Waals surface area contributed by atoms with Crippen molar-refractivity contribution in [2.24, 2.45) is 0 Å². The summed E-state index contributed by atoms with van der Waals surface area (Å²) < 4.78 is 6.64. The first-order valence-electron chi connectivity index (χ1n) is 5.24. The number of ether oxygens (including phenoxy) is 1. The lowest BCUT2D eigenvalue weighted by Gasteiger charge is -2.24. The van der Waals surface area contributed by atoms with E-state index < -0.39 is 29.2 Å². The minimum absolute atomic E-state index is 0.184. The Bertz CT molecular complexity index is 522. The van der Waals surface area contributed by atoms with E-state index in [0.717, 1.165) is 0 Å². The summed E-state index contributed by atoms with van der Waals surface area (Å²) in [5.41, 5.74) is -2.17. The second-order valence-corrected chi connectivity index (χ2v) is 4.31. The van der Waals surface area contributed by atoms with Crippen LogP contribution in [0.5, 0.6) is 0 Å². The summed E-state index contributed by atoms with van der Waals surface area (Å²) in [6, 6.07) is 1.20. The number of nitrogens with one attached hydrogen (secondary N) is 1. The molecule has 7 heteroatoms. The second-order valence-electron chi connectivity index (χ2n) is 4.31. The molecule has 1 aliphatic heterocycles. The highest BCUT2D eigenvalue weighted by Crippen LogP contribution is 2.35. The van der Waals surface area contributed by atoms with Gasteiger partial charge in [-0.05, 0) is 6.92 Å². The Morgan fingerprint density at radius 2 is 2.35 bits per heavy atom. The molecule has 1 fully saturated rings. The molecule has 3 N–H and O–H groups in total. The molecule has 0 aromatic carbocycles. The van der Waals surface area contributed by atoms with E-state index in [1.807, 2.05) is 0 Å². The van der Waals surface area contributed by atoms with Crippen LogP contribution in [0.1, 0.15) is 19.6 Å². The van der Waals surface area contributed by atoms with Gasteiger partial charge in [-0.3, -0.25) is 14.3 Å². The SMILES string of the molecule is C[C@@]1(CO)O[C@H](n2ccc(=O)[nH]c2=O)CC1O. The zero-order chi connectivity index (χ0) is 12.6. The fourth-order valence-electron chi connectivity index (χ4n) is 1.84. The van der Waals surface area contributed by atoms with Crippen LogP contribution in [0.15, 0.2) is 21.9 Å². The van der Waals surface area contributed by atoms with Crippen molar-refractivity contribution in [1.82, 2.24) is 9.55 Å². The minimum Gasteiger partial charge on any atom is -0.393 e. The Balaban J connectivity index is 2.32. The van der Waals surface area contributed by atoms with Gasteiger partial charge in [0, 0.05) is 18.7 Å². The number of H-pyrrole nitrogens is 1. The summed E-state index contributed by atoms with van der Waals surface area (Å²) in [7, 11) is 0. The molecule has 1 aromatic heterocycles. The molecule has 0 aliphatic carbocycles. The van der Waals surface area contributed by atoms with Crippen LogP contribution in [0.25, 0.3) is 0 Å². The van der Waals surface area contributed by atoms with Crippen LogP contribution in [-0.2, 0) is 4.74 Å². The van der Waals surface area contributed by atoms with Gasteiger partial charge in [-0.25, -0.2) is 4.79 Å². The topological polar surface area (TPSA) is 105 Å². The monoisotopic (exact) mass is 242 g/mol. The number of aromatic amines is 1. The van der Waals surface area contributed by atoms with Crippen LogP contribution in [0, 0.1) is 0 Å². The summed E-state index contributed by atoms with van der Waals surface area (Å²) in [5, 5.41) is 18.9. The molecule has 3 atom stereocenters. The average Bonchev–Trinajstić information content (AvgIpc) is 2.56. The third kappa shape index (κ3) is 2.04. The summed E-state index contributed by atoms with van der Waals surface area (Å²) in [6.07, 6.45) is -0.0622. The minimum atomic E-state index is -1.08. The van der Waals surface area contributed by atoms with Crippen molar-refractivity contribution < 1.29 is 14.9 Å². The zero-order valence-electron chi connectivity index (χ0n) is 9.29. The van der Waals surface area contributed by atoms with Crippen molar-refractivity contribution >= 4 is 0 Å². The highest BCUT2D eigenvalue weighted by Gasteiger charge is 2.44. The van der Waals surface area contributed by atoms with Crippen LogP contribution in [0.2, 0.25) is 0 Å². The molecule has 0 bridgehead atoms. The maximum Gasteiger partial charge on any atom is 0.330 e. The van der Waals surface area contributed by atoms with Crippen molar-refractivity contribution in [2.75, 3.05) is 6.61 Å². The Morgan fingerprint density at radius 3 is 2.88 bits per heavy atom. The lowest BCUT2D eigenvalue weighted by atomic mass is 10.0. The Morgan fingerprint density at radius 1 is 1.65 bits per heavy atom. The van der Waals surface area contributed by atoms with E-state index >= 15 is 0 Å². The molecule has 2 rings (SSSR count). The molecule has 0 radical (unpaired) electrons. The molecule has 1 saturated heterocycles. The van der Waals surface area contributed by atoms with Gasteiger partial charge < -0.3 is 14.9 Å². The number of aliphatic hydroxyl groups is 2. The van der Waals surface area contributed by atoms with Crippen molar-refractivity contribution in [3.63, 3.8) is 0 Å². The number of aromatic nitrogens is 2. The number of aliphatic hydroxyl groups excluding tert-OH is 2. The van der Waals surface area contributed by atoms with E-state index in [9.17, 15) is 14.7 Å². The highest BCUT2D eigenvalue weighted by molar-refractivity contribution is 4.94. The quantitative estimate of drug-likeness (QED) is 0.589. The number of rotatable bonds is 2. The summed E-state index contributed by atoms with van der Waals surface area (Å²) in [5.74, 6) is 0. The first-order chi connectivity index (χ1) is 7.96. The molecule has 94 valence electrons. The third-order valence-corrected chi connectivity index (χ3v) is 3.01. The van der Waals surface area contributed by atoms with Crippen molar-refractivity contribution in [1.29, 1.82) is 0 Å². The summed E-state index contributed by atoms with van der Waals surface area (Å²) in [6.45, 7) is 1.22. The summed E-state index contributed by atoms with van der Waals surface area (Å²) in [4.78, 5) is 24.5. The lowest BCUT2D eigenvalue weighted by molar-refractivity contribution is -0.116. The largest absolute Gasteiger partial charge is 0.393 e. The lowest BCUT2D eigenvalue weighted by Crippen LogP contribution is -2.40. The van der Waals surface area contributed by atoms with Crippen LogP contribution in [0.4, 0.5) is 0 Å². The van der Waals surface area contributed by atoms with Crippen LogP contribution in [0.3, 0.4) is 0 Å². The van der Waals surface area contributed by atoms with E-state index in [2.05, 4.69) is 4.98 Å². The molecule has 1 unspecified atom stereocenters. The molecule has 2 heterocycles. The molecule has 0 saturated carbocycles. The number of hydrogen-bond donors (Lipinski definition) is 3. The Kier molecular flexibility index (Phi) is 2.90. The first-order valence-corrected chi connectivity index (χ1v) is 5.24. The fourth-order valence-corrected chi connectivity index (χ4v) is 1.84. The van der Waals surface area contributed by atoms with Gasteiger partial charge in [-0.2, -0.15) is 0 Å². The number of hydrogen-bond acceptors (Lipinski definition) is 5. The Labute approximate surface area is 96.3 Å². The number of nitrogens with zero attached hydrogens (tertiary/aromatic N) is 1. The maximum absolute atomic E-state index is 11.5.